The predicted molar refractivity (Wildman–Crippen MR) is 140 cm³/mol. The molecule has 1 N–H and O–H groups in total. The fourth-order valence-electron chi connectivity index (χ4n) is 8.17. The zero-order chi connectivity index (χ0) is 25.8. The Morgan fingerprint density at radius 3 is 2.68 bits per heavy atom. The minimum absolute atomic E-state index is 0.0308. The summed E-state index contributed by atoms with van der Waals surface area (Å²) in [7, 11) is 1.57. The summed E-state index contributed by atoms with van der Waals surface area (Å²) in [5, 5.41) is 11.4. The molecule has 6 heteroatoms. The average molecular weight is 506 g/mol. The second-order valence-corrected chi connectivity index (χ2v) is 11.5. The van der Waals surface area contributed by atoms with E-state index in [1.807, 2.05) is 0 Å². The van der Waals surface area contributed by atoms with Crippen LogP contribution >= 0.6 is 0 Å². The molecule has 8 unspecified atom stereocenters. The van der Waals surface area contributed by atoms with Gasteiger partial charge in [-0.05, 0) is 68.4 Å². The van der Waals surface area contributed by atoms with E-state index in [9.17, 15) is 9.90 Å². The van der Waals surface area contributed by atoms with Crippen LogP contribution in [0.25, 0.3) is 0 Å². The molecular weight excluding hydrogens is 466 g/mol. The summed E-state index contributed by atoms with van der Waals surface area (Å²) in [4.78, 5) is 15.0. The zero-order valence-electron chi connectivity index (χ0n) is 22.4. The van der Waals surface area contributed by atoms with E-state index in [1.165, 1.54) is 18.4 Å². The van der Waals surface area contributed by atoms with Gasteiger partial charge in [0.25, 0.3) is 0 Å². The van der Waals surface area contributed by atoms with Crippen LogP contribution in [0.1, 0.15) is 64.4 Å². The van der Waals surface area contributed by atoms with Crippen molar-refractivity contribution in [2.45, 2.75) is 77.0 Å². The van der Waals surface area contributed by atoms with Gasteiger partial charge in [-0.1, -0.05) is 44.2 Å². The number of piperidine rings is 1. The van der Waals surface area contributed by atoms with Crippen molar-refractivity contribution in [3.8, 4) is 0 Å². The van der Waals surface area contributed by atoms with Gasteiger partial charge >= 0.3 is 5.97 Å². The van der Waals surface area contributed by atoms with Gasteiger partial charge in [-0.25, -0.2) is 4.79 Å². The van der Waals surface area contributed by atoms with Gasteiger partial charge in [0.15, 0.2) is 11.5 Å². The Balaban J connectivity index is 1.39. The first-order valence-electron chi connectivity index (χ1n) is 14.0. The number of carbonyl (C=O) groups is 1. The van der Waals surface area contributed by atoms with Crippen molar-refractivity contribution in [1.29, 1.82) is 0 Å². The van der Waals surface area contributed by atoms with Gasteiger partial charge in [0.05, 0.1) is 18.8 Å². The van der Waals surface area contributed by atoms with Crippen molar-refractivity contribution in [1.82, 2.24) is 4.90 Å². The molecule has 1 aliphatic carbocycles. The number of esters is 1. The third-order valence-electron chi connectivity index (χ3n) is 9.81. The van der Waals surface area contributed by atoms with E-state index in [1.54, 1.807) is 14.0 Å². The van der Waals surface area contributed by atoms with Crippen LogP contribution in [0.5, 0.6) is 0 Å². The standard InChI is InChI=1S/C31H39NO5/c1-5-24(33)27-21-14-13-20(19-10-7-6-8-11-19)22(21)16-23-26-17(2)29(36-25(26)12-9-15-32(23)27)30-28(35-4)18(3)31(34)37-30/h6-8,10-12,17,20-24,26-27,33H,5,9,13-16H2,1-4H3. The van der Waals surface area contributed by atoms with Gasteiger partial charge in [0.1, 0.15) is 5.76 Å². The maximum absolute atomic E-state index is 12.4. The van der Waals surface area contributed by atoms with Gasteiger partial charge in [-0.2, -0.15) is 0 Å². The van der Waals surface area contributed by atoms with E-state index in [0.29, 0.717) is 40.6 Å². The van der Waals surface area contributed by atoms with Crippen LogP contribution in [-0.2, 0) is 19.0 Å². The number of cyclic esters (lactones) is 1. The number of carbonyl (C=O) groups excluding carboxylic acids is 1. The first-order valence-corrected chi connectivity index (χ1v) is 14.0. The van der Waals surface area contributed by atoms with E-state index in [4.69, 9.17) is 14.2 Å². The van der Waals surface area contributed by atoms with Crippen molar-refractivity contribution in [3.63, 3.8) is 0 Å². The maximum Gasteiger partial charge on any atom is 0.343 e. The second-order valence-electron chi connectivity index (χ2n) is 11.5. The fraction of sp³-hybridized carbons (Fsp3) is 0.581. The van der Waals surface area contributed by atoms with Gasteiger partial charge < -0.3 is 19.3 Å². The molecule has 1 saturated carbocycles. The van der Waals surface area contributed by atoms with Crippen LogP contribution in [-0.4, -0.2) is 47.8 Å². The predicted octanol–water partition coefficient (Wildman–Crippen LogP) is 5.27. The number of methoxy groups -OCH3 is 1. The van der Waals surface area contributed by atoms with Crippen LogP contribution in [0.2, 0.25) is 0 Å². The first kappa shape index (κ1) is 24.7. The van der Waals surface area contributed by atoms with E-state index in [0.717, 1.165) is 31.6 Å². The lowest BCUT2D eigenvalue weighted by atomic mass is 9.68. The number of fused-ring (bicyclic) bond motifs is 4. The Hall–Kier alpha value is -2.57. The van der Waals surface area contributed by atoms with Crippen molar-refractivity contribution in [2.75, 3.05) is 13.7 Å². The molecule has 5 aliphatic rings. The Bertz CT molecular complexity index is 1150. The lowest BCUT2D eigenvalue weighted by molar-refractivity contribution is -0.133. The molecule has 4 aliphatic heterocycles. The molecule has 4 heterocycles. The van der Waals surface area contributed by atoms with E-state index in [2.05, 4.69) is 55.2 Å². The van der Waals surface area contributed by atoms with E-state index in [-0.39, 0.29) is 36.0 Å². The number of benzene rings is 1. The van der Waals surface area contributed by atoms with Crippen LogP contribution < -0.4 is 0 Å². The largest absolute Gasteiger partial charge is 0.492 e. The lowest BCUT2D eigenvalue weighted by Crippen LogP contribution is -2.60. The summed E-state index contributed by atoms with van der Waals surface area (Å²) >= 11 is 0. The minimum Gasteiger partial charge on any atom is -0.492 e. The Morgan fingerprint density at radius 2 is 1.95 bits per heavy atom. The molecule has 6 rings (SSSR count). The second kappa shape index (κ2) is 9.63. The summed E-state index contributed by atoms with van der Waals surface area (Å²) in [6, 6.07) is 11.4. The quantitative estimate of drug-likeness (QED) is 0.563. The topological polar surface area (TPSA) is 68.2 Å². The molecule has 8 atom stereocenters. The Morgan fingerprint density at radius 1 is 1.16 bits per heavy atom. The van der Waals surface area contributed by atoms with E-state index >= 15 is 0 Å². The molecule has 0 amide bonds. The van der Waals surface area contributed by atoms with Crippen LogP contribution in [0.15, 0.2) is 65.0 Å². The molecule has 198 valence electrons. The van der Waals surface area contributed by atoms with Gasteiger partial charge in [-0.3, -0.25) is 4.90 Å². The SMILES string of the molecule is CCC(O)C1C2CCC(c3ccccc3)C2CC2C3C(=CCCN21)OC(=C1OC(=O)C(C)=C1OC)C3C. The van der Waals surface area contributed by atoms with Gasteiger partial charge in [0.2, 0.25) is 5.76 Å². The molecule has 0 radical (unpaired) electrons. The monoisotopic (exact) mass is 505 g/mol. The smallest absolute Gasteiger partial charge is 0.343 e. The number of aliphatic hydroxyl groups is 1. The first-order chi connectivity index (χ1) is 17.9. The fourth-order valence-corrected chi connectivity index (χ4v) is 8.17. The molecule has 37 heavy (non-hydrogen) atoms. The molecular formula is C31H39NO5. The zero-order valence-corrected chi connectivity index (χ0v) is 22.4. The number of hydrogen-bond donors (Lipinski definition) is 1. The highest BCUT2D eigenvalue weighted by molar-refractivity contribution is 5.93. The van der Waals surface area contributed by atoms with Gasteiger partial charge in [0, 0.05) is 30.5 Å². The lowest BCUT2D eigenvalue weighted by Gasteiger charge is -2.52. The molecule has 3 fully saturated rings. The summed E-state index contributed by atoms with van der Waals surface area (Å²) in [6.07, 6.45) is 6.96. The summed E-state index contributed by atoms with van der Waals surface area (Å²) in [5.41, 5.74) is 1.91. The highest BCUT2D eigenvalue weighted by Gasteiger charge is 2.56. The third kappa shape index (κ3) is 3.87. The molecule has 2 saturated heterocycles. The maximum atomic E-state index is 12.4. The number of rotatable bonds is 4. The van der Waals surface area contributed by atoms with Gasteiger partial charge in [-0.15, -0.1) is 0 Å². The summed E-state index contributed by atoms with van der Waals surface area (Å²) in [5.74, 6) is 3.93. The normalized spacial score (nSPS) is 38.2. The molecule has 0 bridgehead atoms. The van der Waals surface area contributed by atoms with Crippen molar-refractivity contribution < 1.29 is 24.1 Å². The minimum atomic E-state index is -0.374. The van der Waals surface area contributed by atoms with Crippen LogP contribution in [0, 0.1) is 23.7 Å². The Labute approximate surface area is 220 Å². The molecule has 1 aromatic rings. The van der Waals surface area contributed by atoms with E-state index < -0.39 is 0 Å². The van der Waals surface area contributed by atoms with Crippen molar-refractivity contribution >= 4 is 5.97 Å². The number of allylic oxidation sites excluding steroid dienone is 1. The van der Waals surface area contributed by atoms with Crippen molar-refractivity contribution in [2.24, 2.45) is 23.7 Å². The summed E-state index contributed by atoms with van der Waals surface area (Å²) < 4.78 is 17.8. The number of hydrogen-bond acceptors (Lipinski definition) is 6. The Kier molecular flexibility index (Phi) is 6.44. The molecule has 0 spiro atoms. The number of nitrogens with zero attached hydrogens (tertiary/aromatic N) is 1. The summed E-state index contributed by atoms with van der Waals surface area (Å²) in [6.45, 7) is 6.96. The van der Waals surface area contributed by atoms with Crippen molar-refractivity contribution in [3.05, 3.63) is 70.6 Å². The highest BCUT2D eigenvalue weighted by atomic mass is 16.6. The number of aliphatic hydroxyl groups excluding tert-OH is 1. The highest BCUT2D eigenvalue weighted by Crippen LogP contribution is 2.57. The molecule has 6 nitrogen and oxygen atoms in total. The van der Waals surface area contributed by atoms with Crippen LogP contribution in [0.4, 0.5) is 0 Å². The number of ether oxygens (including phenoxy) is 3. The third-order valence-corrected chi connectivity index (χ3v) is 9.81. The molecule has 0 aromatic heterocycles. The average Bonchev–Trinajstić information content (AvgIpc) is 3.52. The molecule has 1 aromatic carbocycles. The van der Waals surface area contributed by atoms with Crippen LogP contribution in [0.3, 0.4) is 0 Å².